The van der Waals surface area contributed by atoms with Gasteiger partial charge in [0.05, 0.1) is 16.8 Å². The molecule has 1 N–H and O–H groups in total. The Labute approximate surface area is 191 Å². The van der Waals surface area contributed by atoms with Crippen LogP contribution in [0, 0.1) is 0 Å². The van der Waals surface area contributed by atoms with Crippen molar-refractivity contribution < 1.29 is 4.79 Å². The van der Waals surface area contributed by atoms with Gasteiger partial charge in [-0.3, -0.25) is 4.79 Å². The van der Waals surface area contributed by atoms with E-state index < -0.39 is 0 Å². The fourth-order valence-electron chi connectivity index (χ4n) is 3.71. The molecule has 4 aromatic carbocycles. The zero-order valence-corrected chi connectivity index (χ0v) is 17.9. The highest BCUT2D eigenvalue weighted by molar-refractivity contribution is 6.30. The number of nitrogens with one attached hydrogen (secondary N) is 1. The maximum absolute atomic E-state index is 13.3. The largest absolute Gasteiger partial charge is 0.322 e. The van der Waals surface area contributed by atoms with Crippen molar-refractivity contribution in [2.75, 3.05) is 5.32 Å². The number of hydrogen-bond acceptors (Lipinski definition) is 2. The van der Waals surface area contributed by atoms with Crippen molar-refractivity contribution in [3.8, 4) is 22.4 Å². The summed E-state index contributed by atoms with van der Waals surface area (Å²) in [6.07, 6.45) is 0. The zero-order chi connectivity index (χ0) is 21.9. The predicted molar refractivity (Wildman–Crippen MR) is 132 cm³/mol. The number of fused-ring (bicyclic) bond motifs is 1. The normalized spacial score (nSPS) is 10.8. The van der Waals surface area contributed by atoms with Crippen molar-refractivity contribution in [3.05, 3.63) is 120 Å². The van der Waals surface area contributed by atoms with Gasteiger partial charge in [0.15, 0.2) is 0 Å². The molecule has 1 heterocycles. The van der Waals surface area contributed by atoms with Gasteiger partial charge in [0, 0.05) is 21.7 Å². The number of carbonyl (C=O) groups is 1. The lowest BCUT2D eigenvalue weighted by Crippen LogP contribution is -2.13. The number of pyridine rings is 1. The molecule has 32 heavy (non-hydrogen) atoms. The van der Waals surface area contributed by atoms with E-state index in [-0.39, 0.29) is 5.91 Å². The summed E-state index contributed by atoms with van der Waals surface area (Å²) in [5.41, 5.74) is 5.98. The molecule has 0 fully saturated rings. The monoisotopic (exact) mass is 434 g/mol. The molecular weight excluding hydrogens is 416 g/mol. The Morgan fingerprint density at radius 1 is 0.688 bits per heavy atom. The minimum absolute atomic E-state index is 0.167. The van der Waals surface area contributed by atoms with Crippen LogP contribution in [-0.2, 0) is 0 Å². The number of para-hydroxylation sites is 1. The third-order valence-corrected chi connectivity index (χ3v) is 5.60. The number of rotatable bonds is 4. The van der Waals surface area contributed by atoms with Crippen LogP contribution in [0.2, 0.25) is 5.02 Å². The van der Waals surface area contributed by atoms with Crippen molar-refractivity contribution in [3.63, 3.8) is 0 Å². The first-order valence-corrected chi connectivity index (χ1v) is 10.7. The van der Waals surface area contributed by atoms with Gasteiger partial charge in [0.1, 0.15) is 0 Å². The molecule has 0 spiro atoms. The van der Waals surface area contributed by atoms with Gasteiger partial charge in [0.2, 0.25) is 0 Å². The van der Waals surface area contributed by atoms with Crippen LogP contribution >= 0.6 is 11.6 Å². The van der Waals surface area contributed by atoms with E-state index in [0.29, 0.717) is 10.6 Å². The highest BCUT2D eigenvalue weighted by Gasteiger charge is 2.14. The standard InChI is InChI=1S/C28H19ClN2O/c29-22-14-10-19(11-15-22)20-12-16-23(17-13-20)30-28(32)25-18-27(21-6-2-1-3-7-21)31-26-9-5-4-8-24(25)26/h1-18H,(H,30,32). The van der Waals surface area contributed by atoms with Gasteiger partial charge in [-0.05, 0) is 47.5 Å². The molecule has 0 bridgehead atoms. The predicted octanol–water partition coefficient (Wildman–Crippen LogP) is 7.47. The Morgan fingerprint density at radius 2 is 1.31 bits per heavy atom. The summed E-state index contributed by atoms with van der Waals surface area (Å²) < 4.78 is 0. The third kappa shape index (κ3) is 4.11. The number of nitrogens with zero attached hydrogens (tertiary/aromatic N) is 1. The van der Waals surface area contributed by atoms with Crippen LogP contribution in [0.1, 0.15) is 10.4 Å². The molecule has 0 radical (unpaired) electrons. The summed E-state index contributed by atoms with van der Waals surface area (Å²) >= 11 is 5.98. The van der Waals surface area contributed by atoms with Gasteiger partial charge in [-0.2, -0.15) is 0 Å². The van der Waals surface area contributed by atoms with Crippen LogP contribution < -0.4 is 5.32 Å². The number of carbonyl (C=O) groups excluding carboxylic acids is 1. The van der Waals surface area contributed by atoms with Gasteiger partial charge in [0.25, 0.3) is 5.91 Å². The van der Waals surface area contributed by atoms with E-state index in [4.69, 9.17) is 16.6 Å². The number of anilines is 1. The van der Waals surface area contributed by atoms with Crippen molar-refractivity contribution in [2.24, 2.45) is 0 Å². The number of aromatic nitrogens is 1. The quantitative estimate of drug-likeness (QED) is 0.318. The molecule has 0 aliphatic rings. The molecule has 0 saturated carbocycles. The summed E-state index contributed by atoms with van der Waals surface area (Å²) in [6, 6.07) is 34.9. The number of benzene rings is 4. The SMILES string of the molecule is O=C(Nc1ccc(-c2ccc(Cl)cc2)cc1)c1cc(-c2ccccc2)nc2ccccc12. The maximum Gasteiger partial charge on any atom is 0.256 e. The van der Waals surface area contributed by atoms with Crippen LogP contribution in [0.15, 0.2) is 109 Å². The molecule has 5 aromatic rings. The molecule has 1 aromatic heterocycles. The second kappa shape index (κ2) is 8.66. The van der Waals surface area contributed by atoms with E-state index >= 15 is 0 Å². The third-order valence-electron chi connectivity index (χ3n) is 5.35. The van der Waals surface area contributed by atoms with Gasteiger partial charge >= 0.3 is 0 Å². The van der Waals surface area contributed by atoms with E-state index in [9.17, 15) is 4.79 Å². The molecule has 5 rings (SSSR count). The molecular formula is C28H19ClN2O. The topological polar surface area (TPSA) is 42.0 Å². The maximum atomic E-state index is 13.3. The lowest BCUT2D eigenvalue weighted by atomic mass is 10.0. The molecule has 0 unspecified atom stereocenters. The Hall–Kier alpha value is -3.95. The van der Waals surface area contributed by atoms with E-state index in [2.05, 4.69) is 5.32 Å². The fourth-order valence-corrected chi connectivity index (χ4v) is 3.83. The van der Waals surface area contributed by atoms with Crippen LogP contribution in [0.4, 0.5) is 5.69 Å². The van der Waals surface area contributed by atoms with Crippen molar-refractivity contribution >= 4 is 34.1 Å². The first kappa shape index (κ1) is 20.0. The Balaban J connectivity index is 1.46. The summed E-state index contributed by atoms with van der Waals surface area (Å²) in [7, 11) is 0. The van der Waals surface area contributed by atoms with E-state index in [1.165, 1.54) is 0 Å². The van der Waals surface area contributed by atoms with Gasteiger partial charge in [-0.15, -0.1) is 0 Å². The Kier molecular flexibility index (Phi) is 5.40. The van der Waals surface area contributed by atoms with E-state index in [0.717, 1.165) is 39.0 Å². The van der Waals surface area contributed by atoms with Gasteiger partial charge in [-0.1, -0.05) is 84.4 Å². The van der Waals surface area contributed by atoms with E-state index in [1.54, 1.807) is 0 Å². The average Bonchev–Trinajstić information content (AvgIpc) is 2.85. The van der Waals surface area contributed by atoms with Crippen molar-refractivity contribution in [1.82, 2.24) is 4.98 Å². The fraction of sp³-hybridized carbons (Fsp3) is 0. The van der Waals surface area contributed by atoms with Crippen LogP contribution in [0.25, 0.3) is 33.3 Å². The highest BCUT2D eigenvalue weighted by atomic mass is 35.5. The minimum Gasteiger partial charge on any atom is -0.322 e. The summed E-state index contributed by atoms with van der Waals surface area (Å²) in [6.45, 7) is 0. The zero-order valence-electron chi connectivity index (χ0n) is 17.1. The van der Waals surface area contributed by atoms with Crippen LogP contribution in [-0.4, -0.2) is 10.9 Å². The first-order valence-electron chi connectivity index (χ1n) is 10.3. The summed E-state index contributed by atoms with van der Waals surface area (Å²) in [5.74, 6) is -0.167. The molecule has 0 saturated heterocycles. The average molecular weight is 435 g/mol. The smallest absolute Gasteiger partial charge is 0.256 e. The van der Waals surface area contributed by atoms with Crippen LogP contribution in [0.5, 0.6) is 0 Å². The molecule has 3 nitrogen and oxygen atoms in total. The van der Waals surface area contributed by atoms with Crippen molar-refractivity contribution in [2.45, 2.75) is 0 Å². The number of halogens is 1. The van der Waals surface area contributed by atoms with Crippen molar-refractivity contribution in [1.29, 1.82) is 0 Å². The lowest BCUT2D eigenvalue weighted by molar-refractivity contribution is 0.102. The van der Waals surface area contributed by atoms with Gasteiger partial charge in [-0.25, -0.2) is 4.98 Å². The van der Waals surface area contributed by atoms with E-state index in [1.807, 2.05) is 109 Å². The second-order valence-corrected chi connectivity index (χ2v) is 7.91. The number of amides is 1. The van der Waals surface area contributed by atoms with Crippen LogP contribution in [0.3, 0.4) is 0 Å². The molecule has 0 aliphatic heterocycles. The second-order valence-electron chi connectivity index (χ2n) is 7.48. The molecule has 1 amide bonds. The molecule has 154 valence electrons. The minimum atomic E-state index is -0.167. The Bertz CT molecular complexity index is 1400. The highest BCUT2D eigenvalue weighted by Crippen LogP contribution is 2.27. The Morgan fingerprint density at radius 3 is 2.03 bits per heavy atom. The molecule has 0 atom stereocenters. The summed E-state index contributed by atoms with van der Waals surface area (Å²) in [4.78, 5) is 18.0. The first-order chi connectivity index (χ1) is 15.7. The molecule has 4 heteroatoms. The summed E-state index contributed by atoms with van der Waals surface area (Å²) in [5, 5.41) is 4.56. The molecule has 0 aliphatic carbocycles. The number of hydrogen-bond donors (Lipinski definition) is 1. The van der Waals surface area contributed by atoms with Gasteiger partial charge < -0.3 is 5.32 Å². The lowest BCUT2D eigenvalue weighted by Gasteiger charge is -2.11.